The third kappa shape index (κ3) is 4.53. The van der Waals surface area contributed by atoms with Gasteiger partial charge < -0.3 is 9.88 Å². The van der Waals surface area contributed by atoms with Crippen molar-refractivity contribution < 1.29 is 13.2 Å². The molecule has 0 spiro atoms. The number of hydrogen-bond donors (Lipinski definition) is 1. The molecular weight excluding hydrogens is 422 g/mol. The second-order valence-corrected chi connectivity index (χ2v) is 9.87. The summed E-state index contributed by atoms with van der Waals surface area (Å²) in [6, 6.07) is 14.5. The molecule has 6 nitrogen and oxygen atoms in total. The van der Waals surface area contributed by atoms with Gasteiger partial charge in [-0.25, -0.2) is 8.42 Å². The summed E-state index contributed by atoms with van der Waals surface area (Å²) in [5.41, 5.74) is 1.91. The van der Waals surface area contributed by atoms with Crippen molar-refractivity contribution in [2.45, 2.75) is 37.2 Å². The predicted octanol–water partition coefficient (Wildman–Crippen LogP) is 3.79. The quantitative estimate of drug-likeness (QED) is 0.601. The van der Waals surface area contributed by atoms with Gasteiger partial charge in [-0.1, -0.05) is 23.7 Å². The molecule has 0 radical (unpaired) electrons. The lowest BCUT2D eigenvalue weighted by Crippen LogP contribution is -2.27. The van der Waals surface area contributed by atoms with Crippen LogP contribution in [0.2, 0.25) is 5.02 Å². The second-order valence-electron chi connectivity index (χ2n) is 7.49. The lowest BCUT2D eigenvalue weighted by Gasteiger charge is -2.15. The van der Waals surface area contributed by atoms with E-state index in [4.69, 9.17) is 11.6 Å². The predicted molar refractivity (Wildman–Crippen MR) is 118 cm³/mol. The van der Waals surface area contributed by atoms with Crippen LogP contribution in [0.1, 0.15) is 24.8 Å². The van der Waals surface area contributed by atoms with Crippen LogP contribution in [0, 0.1) is 0 Å². The summed E-state index contributed by atoms with van der Waals surface area (Å²) >= 11 is 5.87. The zero-order valence-corrected chi connectivity index (χ0v) is 18.1. The molecule has 1 aliphatic rings. The molecule has 8 heteroatoms. The molecule has 1 saturated heterocycles. The second kappa shape index (κ2) is 8.79. The molecule has 1 N–H and O–H groups in total. The van der Waals surface area contributed by atoms with Gasteiger partial charge in [-0.2, -0.15) is 4.31 Å². The highest BCUT2D eigenvalue weighted by molar-refractivity contribution is 7.89. The van der Waals surface area contributed by atoms with Crippen LogP contribution in [-0.4, -0.2) is 36.3 Å². The van der Waals surface area contributed by atoms with E-state index in [1.807, 2.05) is 35.0 Å². The van der Waals surface area contributed by atoms with Gasteiger partial charge in [-0.15, -0.1) is 0 Å². The van der Waals surface area contributed by atoms with Crippen LogP contribution in [0.3, 0.4) is 0 Å². The van der Waals surface area contributed by atoms with Crippen molar-refractivity contribution in [1.29, 1.82) is 0 Å². The molecule has 0 unspecified atom stereocenters. The highest BCUT2D eigenvalue weighted by atomic mass is 35.5. The molecule has 1 aromatic heterocycles. The zero-order valence-electron chi connectivity index (χ0n) is 16.6. The van der Waals surface area contributed by atoms with Crippen molar-refractivity contribution >= 4 is 38.4 Å². The van der Waals surface area contributed by atoms with Gasteiger partial charge in [0.1, 0.15) is 0 Å². The Hall–Kier alpha value is -2.35. The third-order valence-electron chi connectivity index (χ3n) is 5.43. The van der Waals surface area contributed by atoms with E-state index in [2.05, 4.69) is 5.32 Å². The Kier molecular flexibility index (Phi) is 6.13. The molecule has 1 fully saturated rings. The third-order valence-corrected chi connectivity index (χ3v) is 7.57. The summed E-state index contributed by atoms with van der Waals surface area (Å²) in [6.45, 7) is 2.16. The maximum absolute atomic E-state index is 12.8. The number of aromatic nitrogens is 1. The first-order valence-electron chi connectivity index (χ1n) is 10.0. The number of benzene rings is 2. The molecule has 158 valence electrons. The Morgan fingerprint density at radius 1 is 1.03 bits per heavy atom. The van der Waals surface area contributed by atoms with Crippen molar-refractivity contribution in [3.63, 3.8) is 0 Å². The average Bonchev–Trinajstić information content (AvgIpc) is 3.42. The first-order chi connectivity index (χ1) is 14.4. The molecule has 1 aliphatic heterocycles. The number of aryl methyl sites for hydroxylation is 1. The Morgan fingerprint density at radius 2 is 1.77 bits per heavy atom. The monoisotopic (exact) mass is 445 g/mol. The maximum Gasteiger partial charge on any atom is 0.243 e. The summed E-state index contributed by atoms with van der Waals surface area (Å²) in [6.07, 6.45) is 4.06. The van der Waals surface area contributed by atoms with Gasteiger partial charge in [-0.3, -0.25) is 4.79 Å². The first-order valence-corrected chi connectivity index (χ1v) is 11.9. The highest BCUT2D eigenvalue weighted by Crippen LogP contribution is 2.25. The Balaban J connectivity index is 1.39. The number of sulfonamides is 1. The van der Waals surface area contributed by atoms with Crippen molar-refractivity contribution in [2.75, 3.05) is 13.1 Å². The normalized spacial score (nSPS) is 15.0. The van der Waals surface area contributed by atoms with Gasteiger partial charge in [-0.05, 0) is 54.8 Å². The Morgan fingerprint density at radius 3 is 2.50 bits per heavy atom. The summed E-state index contributed by atoms with van der Waals surface area (Å²) in [7, 11) is -3.43. The van der Waals surface area contributed by atoms with Gasteiger partial charge in [0.05, 0.1) is 4.90 Å². The minimum atomic E-state index is -3.43. The smallest absolute Gasteiger partial charge is 0.243 e. The van der Waals surface area contributed by atoms with E-state index in [0.29, 0.717) is 42.5 Å². The van der Waals surface area contributed by atoms with Gasteiger partial charge in [0, 0.05) is 54.7 Å². The van der Waals surface area contributed by atoms with Crippen LogP contribution in [0.25, 0.3) is 10.9 Å². The van der Waals surface area contributed by atoms with Crippen LogP contribution in [0.15, 0.2) is 59.6 Å². The molecule has 0 aliphatic carbocycles. The SMILES string of the molecule is O=C(CCn1ccc2cc(S(=O)(=O)N3CCCC3)ccc21)NCc1ccc(Cl)cc1. The molecule has 1 amide bonds. The zero-order chi connectivity index (χ0) is 21.1. The van der Waals surface area contributed by atoms with E-state index >= 15 is 0 Å². The minimum Gasteiger partial charge on any atom is -0.352 e. The molecule has 4 rings (SSSR count). The number of hydrogen-bond acceptors (Lipinski definition) is 3. The molecule has 0 atom stereocenters. The van der Waals surface area contributed by atoms with E-state index in [0.717, 1.165) is 29.3 Å². The maximum atomic E-state index is 12.8. The number of nitrogens with zero attached hydrogens (tertiary/aromatic N) is 2. The minimum absolute atomic E-state index is 0.0416. The average molecular weight is 446 g/mol. The Labute approximate surface area is 181 Å². The molecule has 3 aromatic rings. The van der Waals surface area contributed by atoms with Crippen LogP contribution < -0.4 is 5.32 Å². The fourth-order valence-electron chi connectivity index (χ4n) is 3.72. The van der Waals surface area contributed by atoms with Gasteiger partial charge in [0.15, 0.2) is 0 Å². The number of halogens is 1. The van der Waals surface area contributed by atoms with Crippen molar-refractivity contribution in [3.8, 4) is 0 Å². The van der Waals surface area contributed by atoms with Gasteiger partial charge in [0.2, 0.25) is 15.9 Å². The Bertz CT molecular complexity index is 1150. The largest absolute Gasteiger partial charge is 0.352 e. The number of carbonyl (C=O) groups is 1. The fraction of sp³-hybridized carbons (Fsp3) is 0.318. The molecule has 2 aromatic carbocycles. The van der Waals surface area contributed by atoms with Crippen LogP contribution >= 0.6 is 11.6 Å². The molecular formula is C22H24ClN3O3S. The van der Waals surface area contributed by atoms with E-state index < -0.39 is 10.0 Å². The summed E-state index contributed by atoms with van der Waals surface area (Å²) in [5, 5.41) is 4.43. The molecule has 0 bridgehead atoms. The number of rotatable bonds is 7. The number of carbonyl (C=O) groups excluding carboxylic acids is 1. The summed E-state index contributed by atoms with van der Waals surface area (Å²) in [4.78, 5) is 12.5. The van der Waals surface area contributed by atoms with Crippen molar-refractivity contribution in [3.05, 3.63) is 65.3 Å². The summed E-state index contributed by atoms with van der Waals surface area (Å²) < 4.78 is 29.1. The van der Waals surface area contributed by atoms with Crippen LogP contribution in [0.4, 0.5) is 0 Å². The summed E-state index contributed by atoms with van der Waals surface area (Å²) in [5.74, 6) is -0.0416. The lowest BCUT2D eigenvalue weighted by molar-refractivity contribution is -0.121. The van der Waals surface area contributed by atoms with E-state index in [9.17, 15) is 13.2 Å². The number of nitrogens with one attached hydrogen (secondary N) is 1. The van der Waals surface area contributed by atoms with Gasteiger partial charge in [0.25, 0.3) is 0 Å². The van der Waals surface area contributed by atoms with E-state index in [1.165, 1.54) is 0 Å². The van der Waals surface area contributed by atoms with Crippen LogP contribution in [-0.2, 0) is 27.9 Å². The number of fused-ring (bicyclic) bond motifs is 1. The van der Waals surface area contributed by atoms with E-state index in [-0.39, 0.29) is 5.91 Å². The van der Waals surface area contributed by atoms with Crippen molar-refractivity contribution in [1.82, 2.24) is 14.2 Å². The van der Waals surface area contributed by atoms with Crippen LogP contribution in [0.5, 0.6) is 0 Å². The van der Waals surface area contributed by atoms with Crippen molar-refractivity contribution in [2.24, 2.45) is 0 Å². The number of amides is 1. The molecule has 2 heterocycles. The van der Waals surface area contributed by atoms with Gasteiger partial charge >= 0.3 is 0 Å². The highest BCUT2D eigenvalue weighted by Gasteiger charge is 2.27. The molecule has 30 heavy (non-hydrogen) atoms. The van der Waals surface area contributed by atoms with E-state index in [1.54, 1.807) is 28.6 Å². The first kappa shape index (κ1) is 20.9. The topological polar surface area (TPSA) is 71.4 Å². The molecule has 0 saturated carbocycles. The lowest BCUT2D eigenvalue weighted by atomic mass is 10.2. The standard InChI is InChI=1S/C22H24ClN3O3S/c23-19-5-3-17(4-6-19)16-24-22(27)10-14-25-13-9-18-15-20(7-8-21(18)25)30(28,29)26-11-1-2-12-26/h3-9,13,15H,1-2,10-12,14,16H2,(H,24,27). The fourth-order valence-corrected chi connectivity index (χ4v) is 5.40.